The third-order valence-electron chi connectivity index (χ3n) is 4.29. The number of fused-ring (bicyclic) bond motifs is 1. The van der Waals surface area contributed by atoms with Crippen molar-refractivity contribution in [1.82, 2.24) is 4.98 Å². The van der Waals surface area contributed by atoms with E-state index in [1.807, 2.05) is 54.3 Å². The molecule has 0 saturated carbocycles. The number of amides is 1. The second-order valence-electron chi connectivity index (χ2n) is 5.85. The van der Waals surface area contributed by atoms with E-state index < -0.39 is 0 Å². The van der Waals surface area contributed by atoms with Gasteiger partial charge in [-0.05, 0) is 36.1 Å². The minimum Gasteiger partial charge on any atom is -0.346 e. The molecular weight excluding hydrogens is 336 g/mol. The van der Waals surface area contributed by atoms with Crippen LogP contribution in [0.5, 0.6) is 0 Å². The number of carbonyl (C=O) groups excluding carboxylic acids is 1. The molecule has 0 bridgehead atoms. The molecule has 4 rings (SSSR count). The van der Waals surface area contributed by atoms with Crippen molar-refractivity contribution in [2.75, 3.05) is 10.7 Å². The molecule has 1 aromatic heterocycles. The molecule has 2 heterocycles. The van der Waals surface area contributed by atoms with E-state index in [1.165, 1.54) is 0 Å². The van der Waals surface area contributed by atoms with Crippen molar-refractivity contribution in [1.29, 1.82) is 0 Å². The van der Waals surface area contributed by atoms with Gasteiger partial charge in [0.2, 0.25) is 5.91 Å². The van der Waals surface area contributed by atoms with Crippen molar-refractivity contribution in [3.8, 4) is 0 Å². The highest BCUT2D eigenvalue weighted by Crippen LogP contribution is 2.43. The molecule has 2 aromatic carbocycles. The summed E-state index contributed by atoms with van der Waals surface area (Å²) < 4.78 is 0.694. The zero-order valence-electron chi connectivity index (χ0n) is 13.2. The van der Waals surface area contributed by atoms with Crippen molar-refractivity contribution in [3.05, 3.63) is 70.4 Å². The third kappa shape index (κ3) is 2.54. The van der Waals surface area contributed by atoms with Gasteiger partial charge >= 0.3 is 0 Å². The molecular formula is C19H16N2OS2. The highest BCUT2D eigenvalue weighted by Gasteiger charge is 2.35. The first-order valence-electron chi connectivity index (χ1n) is 7.76. The van der Waals surface area contributed by atoms with Crippen LogP contribution in [0.2, 0.25) is 0 Å². The van der Waals surface area contributed by atoms with E-state index in [0.29, 0.717) is 10.4 Å². The van der Waals surface area contributed by atoms with Crippen LogP contribution < -0.4 is 4.90 Å². The van der Waals surface area contributed by atoms with Gasteiger partial charge in [0.1, 0.15) is 10.0 Å². The molecule has 24 heavy (non-hydrogen) atoms. The van der Waals surface area contributed by atoms with Gasteiger partial charge in [-0.15, -0.1) is 11.8 Å². The van der Waals surface area contributed by atoms with E-state index in [4.69, 9.17) is 12.2 Å². The van der Waals surface area contributed by atoms with Gasteiger partial charge in [0.05, 0.1) is 5.75 Å². The lowest BCUT2D eigenvalue weighted by molar-refractivity contribution is -0.115. The molecule has 1 N–H and O–H groups in total. The molecule has 0 aliphatic carbocycles. The summed E-state index contributed by atoms with van der Waals surface area (Å²) in [5.74, 6) is 0.600. The Kier molecular flexibility index (Phi) is 3.90. The average Bonchev–Trinajstić information content (AvgIpc) is 2.96. The minimum atomic E-state index is -0.0908. The molecule has 120 valence electrons. The number of benzene rings is 2. The Morgan fingerprint density at radius 1 is 1.17 bits per heavy atom. The Balaban J connectivity index is 1.86. The third-order valence-corrected chi connectivity index (χ3v) is 5.82. The fourth-order valence-electron chi connectivity index (χ4n) is 3.10. The highest BCUT2D eigenvalue weighted by atomic mass is 32.2. The summed E-state index contributed by atoms with van der Waals surface area (Å²) in [6.07, 6.45) is 0. The predicted molar refractivity (Wildman–Crippen MR) is 103 cm³/mol. The van der Waals surface area contributed by atoms with Crippen molar-refractivity contribution in [2.24, 2.45) is 0 Å². The van der Waals surface area contributed by atoms with Crippen LogP contribution in [0.25, 0.3) is 10.9 Å². The van der Waals surface area contributed by atoms with Gasteiger partial charge < -0.3 is 4.98 Å². The van der Waals surface area contributed by atoms with Gasteiger partial charge in [0.15, 0.2) is 0 Å². The smallest absolute Gasteiger partial charge is 0.238 e. The summed E-state index contributed by atoms with van der Waals surface area (Å²) >= 11 is 7.21. The maximum atomic E-state index is 12.5. The maximum absolute atomic E-state index is 12.5. The van der Waals surface area contributed by atoms with Crippen molar-refractivity contribution < 1.29 is 4.79 Å². The Morgan fingerprint density at radius 2 is 1.92 bits per heavy atom. The molecule has 3 aromatic rings. The van der Waals surface area contributed by atoms with Crippen LogP contribution in [-0.4, -0.2) is 16.6 Å². The summed E-state index contributed by atoms with van der Waals surface area (Å²) in [5, 5.41) is 1.01. The standard InChI is InChI=1S/C19H16N2OS2/c1-12-6-2-5-9-16(12)21-17(22)11-24-19(21)14-10-13-7-3-4-8-15(13)20-18(14)23/h2-10,19H,11H2,1H3,(H,20,23). The number of pyridine rings is 1. The van der Waals surface area contributed by atoms with E-state index in [9.17, 15) is 4.79 Å². The Bertz CT molecular complexity index is 996. The molecule has 1 atom stereocenters. The molecule has 1 aliphatic rings. The second-order valence-corrected chi connectivity index (χ2v) is 7.33. The molecule has 3 nitrogen and oxygen atoms in total. The summed E-state index contributed by atoms with van der Waals surface area (Å²) in [6.45, 7) is 2.03. The summed E-state index contributed by atoms with van der Waals surface area (Å²) in [7, 11) is 0. The lowest BCUT2D eigenvalue weighted by Crippen LogP contribution is -2.28. The molecule has 1 amide bonds. The highest BCUT2D eigenvalue weighted by molar-refractivity contribution is 8.00. The predicted octanol–water partition coefficient (Wildman–Crippen LogP) is 4.98. The fourth-order valence-corrected chi connectivity index (χ4v) is 4.64. The van der Waals surface area contributed by atoms with Crippen LogP contribution in [-0.2, 0) is 4.79 Å². The molecule has 0 radical (unpaired) electrons. The Labute approximate surface area is 149 Å². The first-order chi connectivity index (χ1) is 11.6. The number of thioether (sulfide) groups is 1. The summed E-state index contributed by atoms with van der Waals surface area (Å²) in [5.41, 5.74) is 4.06. The van der Waals surface area contributed by atoms with Crippen molar-refractivity contribution >= 4 is 46.5 Å². The number of hydrogen-bond donors (Lipinski definition) is 1. The van der Waals surface area contributed by atoms with E-state index in [1.54, 1.807) is 11.8 Å². The zero-order chi connectivity index (χ0) is 16.7. The number of anilines is 1. The number of nitrogens with zero attached hydrogens (tertiary/aromatic N) is 1. The number of para-hydroxylation sites is 2. The Hall–Kier alpha value is -2.11. The van der Waals surface area contributed by atoms with Gasteiger partial charge in [-0.25, -0.2) is 0 Å². The largest absolute Gasteiger partial charge is 0.346 e. The first kappa shape index (κ1) is 15.4. The van der Waals surface area contributed by atoms with Gasteiger partial charge in [0, 0.05) is 16.8 Å². The average molecular weight is 352 g/mol. The number of carbonyl (C=O) groups is 1. The van der Waals surface area contributed by atoms with Gasteiger partial charge in [-0.3, -0.25) is 9.69 Å². The second kappa shape index (κ2) is 6.07. The van der Waals surface area contributed by atoms with Crippen LogP contribution in [0.4, 0.5) is 5.69 Å². The normalized spacial score (nSPS) is 17.6. The topological polar surface area (TPSA) is 36.1 Å². The SMILES string of the molecule is Cc1ccccc1N1C(=O)CSC1c1cc2ccccc2[nH]c1=S. The lowest BCUT2D eigenvalue weighted by Gasteiger charge is -2.26. The van der Waals surface area contributed by atoms with E-state index >= 15 is 0 Å². The van der Waals surface area contributed by atoms with Crippen molar-refractivity contribution in [2.45, 2.75) is 12.3 Å². The van der Waals surface area contributed by atoms with Gasteiger partial charge in [0.25, 0.3) is 0 Å². The van der Waals surface area contributed by atoms with E-state index in [2.05, 4.69) is 17.1 Å². The minimum absolute atomic E-state index is 0.0908. The number of rotatable bonds is 2. The quantitative estimate of drug-likeness (QED) is 0.661. The van der Waals surface area contributed by atoms with Crippen LogP contribution in [0, 0.1) is 11.6 Å². The van der Waals surface area contributed by atoms with E-state index in [-0.39, 0.29) is 11.3 Å². The fraction of sp³-hybridized carbons (Fsp3) is 0.158. The zero-order valence-corrected chi connectivity index (χ0v) is 14.8. The summed E-state index contributed by atoms with van der Waals surface area (Å²) in [6, 6.07) is 18.2. The number of aromatic amines is 1. The molecule has 1 saturated heterocycles. The van der Waals surface area contributed by atoms with E-state index in [0.717, 1.165) is 27.7 Å². The van der Waals surface area contributed by atoms with Crippen LogP contribution in [0.15, 0.2) is 54.6 Å². The number of hydrogen-bond acceptors (Lipinski definition) is 3. The maximum Gasteiger partial charge on any atom is 0.238 e. The lowest BCUT2D eigenvalue weighted by atomic mass is 10.1. The molecule has 1 fully saturated rings. The van der Waals surface area contributed by atoms with Crippen LogP contribution >= 0.6 is 24.0 Å². The van der Waals surface area contributed by atoms with Crippen LogP contribution in [0.3, 0.4) is 0 Å². The molecule has 5 heteroatoms. The molecule has 1 unspecified atom stereocenters. The monoisotopic (exact) mass is 352 g/mol. The number of nitrogens with one attached hydrogen (secondary N) is 1. The Morgan fingerprint density at radius 3 is 2.75 bits per heavy atom. The van der Waals surface area contributed by atoms with Gasteiger partial charge in [-0.2, -0.15) is 0 Å². The first-order valence-corrected chi connectivity index (χ1v) is 9.22. The van der Waals surface area contributed by atoms with Crippen LogP contribution in [0.1, 0.15) is 16.5 Å². The molecule has 0 spiro atoms. The van der Waals surface area contributed by atoms with Crippen molar-refractivity contribution in [3.63, 3.8) is 0 Å². The number of H-pyrrole nitrogens is 1. The number of aromatic nitrogens is 1. The number of aryl methyl sites for hydroxylation is 1. The summed E-state index contributed by atoms with van der Waals surface area (Å²) in [4.78, 5) is 17.7. The van der Waals surface area contributed by atoms with Gasteiger partial charge in [-0.1, -0.05) is 48.6 Å². The molecule has 1 aliphatic heterocycles.